The number of carbonyl (C=O) groups excluding carboxylic acids is 2. The first-order chi connectivity index (χ1) is 23.7. The second kappa shape index (κ2) is 15.4. The Morgan fingerprint density at radius 3 is 2.02 bits per heavy atom. The Hall–Kier alpha value is -5.17. The van der Waals surface area contributed by atoms with Crippen LogP contribution in [-0.2, 0) is 24.4 Å². The van der Waals surface area contributed by atoms with Crippen LogP contribution in [0, 0.1) is 0 Å². The smallest absolute Gasteiger partial charge is 0.410 e. The predicted molar refractivity (Wildman–Crippen MR) is 197 cm³/mol. The summed E-state index contributed by atoms with van der Waals surface area (Å²) in [5, 5.41) is 5.23. The summed E-state index contributed by atoms with van der Waals surface area (Å²) >= 11 is 0. The molecule has 252 valence electrons. The van der Waals surface area contributed by atoms with Gasteiger partial charge >= 0.3 is 12.1 Å². The highest BCUT2D eigenvalue weighted by Crippen LogP contribution is 2.28. The van der Waals surface area contributed by atoms with Gasteiger partial charge in [-0.15, -0.1) is 0 Å². The molecule has 1 heterocycles. The average Bonchev–Trinajstić information content (AvgIpc) is 3.11. The average molecular weight is 655 g/mol. The van der Waals surface area contributed by atoms with Crippen LogP contribution in [0.25, 0.3) is 21.9 Å². The molecule has 0 saturated heterocycles. The summed E-state index contributed by atoms with van der Waals surface area (Å²) in [6.07, 6.45) is 8.87. The Morgan fingerprint density at radius 2 is 1.37 bits per heavy atom. The molecule has 0 radical (unpaired) electrons. The normalized spacial score (nSPS) is 13.5. The van der Waals surface area contributed by atoms with Crippen LogP contribution in [0.2, 0.25) is 0 Å². The quantitative estimate of drug-likeness (QED) is 0.172. The number of ether oxygens (including phenoxy) is 1. The molecule has 0 unspecified atom stereocenters. The van der Waals surface area contributed by atoms with E-state index in [0.717, 1.165) is 70.0 Å². The number of anilines is 1. The van der Waals surface area contributed by atoms with Crippen molar-refractivity contribution in [3.05, 3.63) is 132 Å². The maximum atomic E-state index is 13.7. The molecule has 5 aromatic rings. The topological polar surface area (TPSA) is 74.8 Å². The zero-order chi connectivity index (χ0) is 34.2. The van der Waals surface area contributed by atoms with E-state index in [4.69, 9.17) is 4.74 Å². The van der Waals surface area contributed by atoms with Gasteiger partial charge in [0.05, 0.1) is 5.69 Å². The fourth-order valence-electron chi connectivity index (χ4n) is 6.52. The van der Waals surface area contributed by atoms with Crippen molar-refractivity contribution in [1.29, 1.82) is 0 Å². The Balaban J connectivity index is 1.15. The second-order valence-electron chi connectivity index (χ2n) is 14.0. The standard InChI is InChI=1S/C42H46N4O3/c1-42(2,3)49-41(48)46(37-14-5-4-6-15-37)30-32-20-24-35(25-21-32)34-22-18-31(19-23-34)28-45(29-33-11-10-26-43-27-33)40(47)44-39-17-9-13-36-12-7-8-16-38(36)39/h7-13,16-27,37H,4-6,14-15,28-30H2,1-3H3,(H,44,47). The van der Waals surface area contributed by atoms with E-state index in [0.29, 0.717) is 19.6 Å². The van der Waals surface area contributed by atoms with Gasteiger partial charge in [-0.05, 0) is 78.9 Å². The van der Waals surface area contributed by atoms with Crippen molar-refractivity contribution < 1.29 is 14.3 Å². The van der Waals surface area contributed by atoms with Gasteiger partial charge in [0.15, 0.2) is 0 Å². The van der Waals surface area contributed by atoms with Crippen molar-refractivity contribution in [2.75, 3.05) is 5.32 Å². The lowest BCUT2D eigenvalue weighted by Crippen LogP contribution is -2.43. The summed E-state index contributed by atoms with van der Waals surface area (Å²) in [6.45, 7) is 7.16. The van der Waals surface area contributed by atoms with Gasteiger partial charge in [0.25, 0.3) is 0 Å². The summed E-state index contributed by atoms with van der Waals surface area (Å²) in [5.41, 5.74) is 5.50. The highest BCUT2D eigenvalue weighted by molar-refractivity contribution is 6.01. The number of rotatable bonds is 9. The molecule has 1 N–H and O–H groups in total. The Bertz CT molecular complexity index is 1840. The van der Waals surface area contributed by atoms with Gasteiger partial charge in [-0.1, -0.05) is 110 Å². The van der Waals surface area contributed by atoms with E-state index >= 15 is 0 Å². The molecule has 49 heavy (non-hydrogen) atoms. The van der Waals surface area contributed by atoms with E-state index in [2.05, 4.69) is 58.8 Å². The summed E-state index contributed by atoms with van der Waals surface area (Å²) in [6, 6.07) is 34.7. The van der Waals surface area contributed by atoms with Gasteiger partial charge in [0.1, 0.15) is 5.60 Å². The van der Waals surface area contributed by atoms with Crippen molar-refractivity contribution in [3.8, 4) is 11.1 Å². The molecule has 7 nitrogen and oxygen atoms in total. The number of aromatic nitrogens is 1. The number of urea groups is 1. The minimum absolute atomic E-state index is 0.173. The predicted octanol–water partition coefficient (Wildman–Crippen LogP) is 10.2. The summed E-state index contributed by atoms with van der Waals surface area (Å²) in [5.74, 6) is 0. The minimum Gasteiger partial charge on any atom is -0.444 e. The number of carbonyl (C=O) groups is 2. The zero-order valence-corrected chi connectivity index (χ0v) is 28.8. The Kier molecular flexibility index (Phi) is 10.6. The van der Waals surface area contributed by atoms with Crippen LogP contribution in [0.5, 0.6) is 0 Å². The number of nitrogens with one attached hydrogen (secondary N) is 1. The number of amides is 3. The molecule has 1 aliphatic carbocycles. The molecule has 1 fully saturated rings. The molecule has 1 aliphatic rings. The molecule has 3 amide bonds. The van der Waals surface area contributed by atoms with E-state index < -0.39 is 5.60 Å². The Morgan fingerprint density at radius 1 is 0.735 bits per heavy atom. The third-order valence-electron chi connectivity index (χ3n) is 9.03. The number of hydrogen-bond acceptors (Lipinski definition) is 4. The van der Waals surface area contributed by atoms with E-state index in [1.807, 2.05) is 85.2 Å². The first-order valence-corrected chi connectivity index (χ1v) is 17.3. The lowest BCUT2D eigenvalue weighted by atomic mass is 9.94. The van der Waals surface area contributed by atoms with Gasteiger partial charge in [-0.3, -0.25) is 4.98 Å². The van der Waals surface area contributed by atoms with Crippen LogP contribution in [0.3, 0.4) is 0 Å². The third-order valence-corrected chi connectivity index (χ3v) is 9.03. The number of fused-ring (bicyclic) bond motifs is 1. The molecular weight excluding hydrogens is 608 g/mol. The van der Waals surface area contributed by atoms with Gasteiger partial charge in [0.2, 0.25) is 0 Å². The summed E-state index contributed by atoms with van der Waals surface area (Å²) in [4.78, 5) is 35.0. The molecule has 0 atom stereocenters. The first kappa shape index (κ1) is 33.7. The van der Waals surface area contributed by atoms with E-state index in [-0.39, 0.29) is 18.2 Å². The van der Waals surface area contributed by atoms with Gasteiger partial charge in [0, 0.05) is 43.5 Å². The fourth-order valence-corrected chi connectivity index (χ4v) is 6.52. The van der Waals surface area contributed by atoms with Crippen LogP contribution >= 0.6 is 0 Å². The largest absolute Gasteiger partial charge is 0.444 e. The van der Waals surface area contributed by atoms with Crippen molar-refractivity contribution in [2.24, 2.45) is 0 Å². The van der Waals surface area contributed by atoms with E-state index in [1.165, 1.54) is 6.42 Å². The van der Waals surface area contributed by atoms with Crippen LogP contribution < -0.4 is 5.32 Å². The molecule has 0 spiro atoms. The van der Waals surface area contributed by atoms with Crippen molar-refractivity contribution in [2.45, 2.75) is 84.2 Å². The van der Waals surface area contributed by atoms with Crippen molar-refractivity contribution in [1.82, 2.24) is 14.8 Å². The van der Waals surface area contributed by atoms with Gasteiger partial charge in [-0.25, -0.2) is 9.59 Å². The van der Waals surface area contributed by atoms with E-state index in [9.17, 15) is 9.59 Å². The number of nitrogens with zero attached hydrogens (tertiary/aromatic N) is 3. The number of pyridine rings is 1. The molecule has 1 saturated carbocycles. The fraction of sp³-hybridized carbons (Fsp3) is 0.310. The number of benzene rings is 4. The first-order valence-electron chi connectivity index (χ1n) is 17.3. The zero-order valence-electron chi connectivity index (χ0n) is 28.8. The molecule has 4 aromatic carbocycles. The molecule has 0 bridgehead atoms. The maximum absolute atomic E-state index is 13.7. The SMILES string of the molecule is CC(C)(C)OC(=O)N(Cc1ccc(-c2ccc(CN(Cc3cccnc3)C(=O)Nc3cccc4ccccc34)cc2)cc1)C1CCCCC1. The molecule has 7 heteroatoms. The van der Waals surface area contributed by atoms with Crippen LogP contribution in [-0.4, -0.2) is 38.6 Å². The van der Waals surface area contributed by atoms with Crippen molar-refractivity contribution >= 4 is 28.6 Å². The Labute approximate surface area is 289 Å². The minimum atomic E-state index is -0.531. The van der Waals surface area contributed by atoms with Gasteiger partial charge < -0.3 is 19.9 Å². The van der Waals surface area contributed by atoms with Crippen LogP contribution in [0.1, 0.15) is 69.6 Å². The van der Waals surface area contributed by atoms with Crippen LogP contribution in [0.4, 0.5) is 15.3 Å². The molecule has 0 aliphatic heterocycles. The number of hydrogen-bond donors (Lipinski definition) is 1. The monoisotopic (exact) mass is 654 g/mol. The van der Waals surface area contributed by atoms with Crippen LogP contribution in [0.15, 0.2) is 116 Å². The second-order valence-corrected chi connectivity index (χ2v) is 14.0. The summed E-state index contributed by atoms with van der Waals surface area (Å²) in [7, 11) is 0. The molecular formula is C42H46N4O3. The lowest BCUT2D eigenvalue weighted by molar-refractivity contribution is 0.00988. The van der Waals surface area contributed by atoms with Gasteiger partial charge in [-0.2, -0.15) is 0 Å². The third kappa shape index (κ3) is 9.05. The summed E-state index contributed by atoms with van der Waals surface area (Å²) < 4.78 is 5.81. The molecule has 1 aromatic heterocycles. The maximum Gasteiger partial charge on any atom is 0.410 e. The van der Waals surface area contributed by atoms with Crippen molar-refractivity contribution in [3.63, 3.8) is 0 Å². The molecule has 6 rings (SSSR count). The lowest BCUT2D eigenvalue weighted by Gasteiger charge is -2.35. The highest BCUT2D eigenvalue weighted by atomic mass is 16.6. The van der Waals surface area contributed by atoms with E-state index in [1.54, 1.807) is 12.4 Å². The highest BCUT2D eigenvalue weighted by Gasteiger charge is 2.29.